The van der Waals surface area contributed by atoms with Crippen molar-refractivity contribution < 1.29 is 18.6 Å². The van der Waals surface area contributed by atoms with Gasteiger partial charge in [0.25, 0.3) is 8.32 Å². The predicted octanol–water partition coefficient (Wildman–Crippen LogP) is 4.53. The Labute approximate surface area is 189 Å². The van der Waals surface area contributed by atoms with Crippen molar-refractivity contribution in [2.75, 3.05) is 33.7 Å². The van der Waals surface area contributed by atoms with Crippen molar-refractivity contribution in [3.8, 4) is 0 Å². The third kappa shape index (κ3) is 7.40. The third-order valence-corrected chi connectivity index (χ3v) is 10.3. The minimum Gasteiger partial charge on any atom is -0.404 e. The summed E-state index contributed by atoms with van der Waals surface area (Å²) in [5.74, 6) is 0. The van der Waals surface area contributed by atoms with Gasteiger partial charge in [0.05, 0.1) is 25.9 Å². The van der Waals surface area contributed by atoms with Crippen molar-refractivity contribution in [2.24, 2.45) is 0 Å². The highest BCUT2D eigenvalue weighted by Crippen LogP contribution is 2.36. The Bertz CT molecular complexity index is 716. The molecule has 5 heteroatoms. The molecule has 2 rings (SSSR count). The Morgan fingerprint density at radius 3 is 1.97 bits per heavy atom. The molecule has 170 valence electrons. The molecule has 1 unspecified atom stereocenters. The Balaban J connectivity index is 2.05. The van der Waals surface area contributed by atoms with Crippen molar-refractivity contribution >= 4 is 18.7 Å². The normalized spacial score (nSPS) is 13.6. The molecule has 0 saturated heterocycles. The second-order valence-electron chi connectivity index (χ2n) is 8.68. The Morgan fingerprint density at radius 2 is 1.45 bits per heavy atom. The fraction of sp³-hybridized carbons (Fsp3) is 0.462. The molecule has 0 amide bonds. The molecule has 31 heavy (non-hydrogen) atoms. The highest BCUT2D eigenvalue weighted by molar-refractivity contribution is 6.99. The lowest BCUT2D eigenvalue weighted by Gasteiger charge is -2.42. The number of hydrogen-bond donors (Lipinski definition) is 0. The summed E-state index contributed by atoms with van der Waals surface area (Å²) >= 11 is 0. The summed E-state index contributed by atoms with van der Waals surface area (Å²) in [5, 5.41) is 2.58. The van der Waals surface area contributed by atoms with Gasteiger partial charge in [-0.1, -0.05) is 93.6 Å². The van der Waals surface area contributed by atoms with Crippen LogP contribution in [-0.4, -0.2) is 48.1 Å². The average Bonchev–Trinajstić information content (AvgIpc) is 2.76. The molecule has 0 fully saturated rings. The van der Waals surface area contributed by atoms with Gasteiger partial charge in [-0.3, -0.25) is 0 Å². The van der Waals surface area contributed by atoms with Gasteiger partial charge < -0.3 is 18.6 Å². The van der Waals surface area contributed by atoms with Gasteiger partial charge >= 0.3 is 0 Å². The summed E-state index contributed by atoms with van der Waals surface area (Å²) in [6, 6.07) is 21.4. The van der Waals surface area contributed by atoms with Gasteiger partial charge in [0.2, 0.25) is 0 Å². The topological polar surface area (TPSA) is 36.9 Å². The van der Waals surface area contributed by atoms with E-state index in [4.69, 9.17) is 18.6 Å². The van der Waals surface area contributed by atoms with Gasteiger partial charge in [-0.25, -0.2) is 0 Å². The van der Waals surface area contributed by atoms with E-state index >= 15 is 0 Å². The van der Waals surface area contributed by atoms with Crippen LogP contribution in [0.15, 0.2) is 72.8 Å². The second-order valence-corrected chi connectivity index (χ2v) is 13.0. The quantitative estimate of drug-likeness (QED) is 0.198. The fourth-order valence-corrected chi connectivity index (χ4v) is 8.23. The molecule has 0 saturated carbocycles. The maximum Gasteiger partial charge on any atom is 0.261 e. The van der Waals surface area contributed by atoms with Gasteiger partial charge in [0, 0.05) is 7.11 Å². The van der Waals surface area contributed by atoms with Crippen LogP contribution in [0.4, 0.5) is 0 Å². The van der Waals surface area contributed by atoms with Crippen LogP contribution in [0.3, 0.4) is 0 Å². The van der Waals surface area contributed by atoms with Gasteiger partial charge in [-0.2, -0.15) is 0 Å². The zero-order chi connectivity index (χ0) is 22.6. The Hall–Kier alpha value is -1.76. The minimum atomic E-state index is -2.47. The van der Waals surface area contributed by atoms with Crippen LogP contribution in [0.2, 0.25) is 5.04 Å². The van der Waals surface area contributed by atoms with Crippen LogP contribution >= 0.6 is 0 Å². The molecule has 4 nitrogen and oxygen atoms in total. The van der Waals surface area contributed by atoms with Gasteiger partial charge in [0.15, 0.2) is 0 Å². The first-order valence-corrected chi connectivity index (χ1v) is 12.9. The van der Waals surface area contributed by atoms with Crippen molar-refractivity contribution in [2.45, 2.75) is 45.3 Å². The van der Waals surface area contributed by atoms with Gasteiger partial charge in [0.1, 0.15) is 6.79 Å². The number of hydrogen-bond acceptors (Lipinski definition) is 4. The molecule has 0 aliphatic heterocycles. The largest absolute Gasteiger partial charge is 0.404 e. The smallest absolute Gasteiger partial charge is 0.261 e. The minimum absolute atomic E-state index is 0.0144. The molecule has 0 aromatic heterocycles. The van der Waals surface area contributed by atoms with E-state index in [1.165, 1.54) is 10.4 Å². The molecular formula is C26H38O4Si. The van der Waals surface area contributed by atoms with E-state index in [9.17, 15) is 0 Å². The van der Waals surface area contributed by atoms with Gasteiger partial charge in [-0.15, -0.1) is 0 Å². The summed E-state index contributed by atoms with van der Waals surface area (Å²) in [6.07, 6.45) is 5.16. The zero-order valence-corrected chi connectivity index (χ0v) is 20.7. The summed E-state index contributed by atoms with van der Waals surface area (Å²) in [7, 11) is -0.815. The molecule has 2 aromatic rings. The van der Waals surface area contributed by atoms with Crippen molar-refractivity contribution in [1.29, 1.82) is 0 Å². The van der Waals surface area contributed by atoms with E-state index in [1.54, 1.807) is 7.11 Å². The molecule has 0 bridgehead atoms. The van der Waals surface area contributed by atoms with E-state index in [-0.39, 0.29) is 17.9 Å². The number of rotatable bonds is 13. The summed E-state index contributed by atoms with van der Waals surface area (Å²) in [6.45, 7) is 10.9. The van der Waals surface area contributed by atoms with Crippen LogP contribution < -0.4 is 10.4 Å². The van der Waals surface area contributed by atoms with Gasteiger partial charge in [-0.05, 0) is 28.8 Å². The molecule has 0 aliphatic carbocycles. The summed E-state index contributed by atoms with van der Waals surface area (Å²) in [5.41, 5.74) is 0. The number of ether oxygens (including phenoxy) is 3. The lowest BCUT2D eigenvalue weighted by Crippen LogP contribution is -2.66. The molecular weight excluding hydrogens is 404 g/mol. The predicted molar refractivity (Wildman–Crippen MR) is 131 cm³/mol. The van der Waals surface area contributed by atoms with Crippen LogP contribution in [0.5, 0.6) is 0 Å². The molecule has 0 spiro atoms. The second kappa shape index (κ2) is 12.9. The van der Waals surface area contributed by atoms with E-state index in [2.05, 4.69) is 93.6 Å². The van der Waals surface area contributed by atoms with Crippen molar-refractivity contribution in [3.63, 3.8) is 0 Å². The monoisotopic (exact) mass is 442 g/mol. The van der Waals surface area contributed by atoms with Crippen LogP contribution in [0, 0.1) is 0 Å². The molecule has 1 atom stereocenters. The maximum absolute atomic E-state index is 6.85. The van der Waals surface area contributed by atoms with Crippen LogP contribution in [0.25, 0.3) is 0 Å². The molecule has 0 aliphatic rings. The fourth-order valence-electron chi connectivity index (χ4n) is 3.72. The maximum atomic E-state index is 6.85. The number of benzene rings is 2. The molecule has 0 N–H and O–H groups in total. The third-order valence-electron chi connectivity index (χ3n) is 5.32. The van der Waals surface area contributed by atoms with E-state index in [0.717, 1.165) is 6.42 Å². The zero-order valence-electron chi connectivity index (χ0n) is 19.7. The Morgan fingerprint density at radius 1 is 0.871 bits per heavy atom. The van der Waals surface area contributed by atoms with Crippen LogP contribution in [-0.2, 0) is 18.6 Å². The Kier molecular flexibility index (Phi) is 10.6. The summed E-state index contributed by atoms with van der Waals surface area (Å²) < 4.78 is 22.8. The lowest BCUT2D eigenvalue weighted by atomic mass is 10.2. The SMILES string of the molecule is COCCOCOC(C)C/C=C/CO[Si](c1ccccc1)(c1ccccc1)C(C)(C)C. The van der Waals surface area contributed by atoms with E-state index in [0.29, 0.717) is 19.8 Å². The van der Waals surface area contributed by atoms with Crippen molar-refractivity contribution in [1.82, 2.24) is 0 Å². The molecule has 2 aromatic carbocycles. The van der Waals surface area contributed by atoms with Crippen molar-refractivity contribution in [3.05, 3.63) is 72.8 Å². The first-order valence-electron chi connectivity index (χ1n) is 11.0. The van der Waals surface area contributed by atoms with E-state index < -0.39 is 8.32 Å². The lowest BCUT2D eigenvalue weighted by molar-refractivity contribution is -0.0913. The molecule has 0 heterocycles. The number of methoxy groups -OCH3 is 1. The van der Waals surface area contributed by atoms with E-state index in [1.807, 2.05) is 6.92 Å². The van der Waals surface area contributed by atoms with Crippen LogP contribution in [0.1, 0.15) is 34.1 Å². The summed E-state index contributed by atoms with van der Waals surface area (Å²) in [4.78, 5) is 0. The average molecular weight is 443 g/mol. The molecule has 0 radical (unpaired) electrons. The first-order chi connectivity index (χ1) is 14.9. The standard InChI is InChI=1S/C26H38O4Si/c1-23(29-22-28-21-20-27-5)14-12-13-19-30-31(26(2,3)4,24-15-8-6-9-16-24)25-17-10-7-11-18-25/h6-13,15-18,23H,14,19-22H2,1-5H3/b13-12+. The highest BCUT2D eigenvalue weighted by atomic mass is 28.4. The highest BCUT2D eigenvalue weighted by Gasteiger charge is 2.49. The first kappa shape index (κ1) is 25.5.